The highest BCUT2D eigenvalue weighted by Gasteiger charge is 2.28. The van der Waals surface area contributed by atoms with Crippen molar-refractivity contribution in [1.82, 2.24) is 9.55 Å². The number of hydrogen-bond acceptors (Lipinski definition) is 6. The van der Waals surface area contributed by atoms with Gasteiger partial charge in [-0.25, -0.2) is 4.98 Å². The van der Waals surface area contributed by atoms with Crippen molar-refractivity contribution >= 4 is 11.6 Å². The lowest BCUT2D eigenvalue weighted by Gasteiger charge is -2.14. The van der Waals surface area contributed by atoms with E-state index in [1.165, 1.54) is 0 Å². The zero-order valence-corrected chi connectivity index (χ0v) is 23.9. The van der Waals surface area contributed by atoms with Gasteiger partial charge in [-0.2, -0.15) is 13.2 Å². The Morgan fingerprint density at radius 1 is 0.818 bits per heavy atom. The molecule has 0 spiro atoms. The van der Waals surface area contributed by atoms with Gasteiger partial charge in [0, 0.05) is 41.7 Å². The fourth-order valence-corrected chi connectivity index (χ4v) is 4.91. The summed E-state index contributed by atoms with van der Waals surface area (Å²) in [5, 5.41) is 0. The van der Waals surface area contributed by atoms with E-state index in [2.05, 4.69) is 4.98 Å². The van der Waals surface area contributed by atoms with Crippen LogP contribution in [0.25, 0.3) is 33.4 Å². The lowest BCUT2D eigenvalue weighted by atomic mass is 9.97. The minimum absolute atomic E-state index is 0.0217. The Labute approximate surface area is 251 Å². The number of anilines is 1. The van der Waals surface area contributed by atoms with Crippen LogP contribution in [-0.2, 0) is 13.0 Å². The molecule has 0 bridgehead atoms. The summed E-state index contributed by atoms with van der Waals surface area (Å²) in [7, 11) is 3.11. The third-order valence-corrected chi connectivity index (χ3v) is 7.09. The Bertz CT molecular complexity index is 1870. The van der Waals surface area contributed by atoms with Gasteiger partial charge in [0.2, 0.25) is 0 Å². The van der Waals surface area contributed by atoms with Gasteiger partial charge < -0.3 is 19.8 Å². The Morgan fingerprint density at radius 2 is 1.48 bits per heavy atom. The standard InChI is InChI=1S/C34H28F3N3O4/c1-43-30-13-12-24(16-31(30)44-2)25-15-26(33(38)39-17-25)23-10-8-21(9-11-23)14-29(41)28-19-40(20-34(35,36)37)18-27(32(28)42)22-6-4-3-5-7-22/h3-13,15-19H,14,20H2,1-2H3,(H2,38,39). The quantitative estimate of drug-likeness (QED) is 0.187. The van der Waals surface area contributed by atoms with E-state index >= 15 is 0 Å². The number of Topliss-reactive ketones (excluding diaryl/α,β-unsaturated/α-hetero) is 1. The predicted octanol–water partition coefficient (Wildman–Crippen LogP) is 6.83. The minimum Gasteiger partial charge on any atom is -0.493 e. The summed E-state index contributed by atoms with van der Waals surface area (Å²) in [6.07, 6.45) is -0.954. The largest absolute Gasteiger partial charge is 0.493 e. The molecule has 3 aromatic carbocycles. The maximum Gasteiger partial charge on any atom is 0.406 e. The average Bonchev–Trinajstić information content (AvgIpc) is 3.01. The number of nitrogens with two attached hydrogens (primary N) is 1. The van der Waals surface area contributed by atoms with Gasteiger partial charge in [0.25, 0.3) is 0 Å². The zero-order valence-electron chi connectivity index (χ0n) is 23.9. The highest BCUT2D eigenvalue weighted by molar-refractivity contribution is 5.98. The number of methoxy groups -OCH3 is 2. The van der Waals surface area contributed by atoms with E-state index in [1.54, 1.807) is 81.1 Å². The van der Waals surface area contributed by atoms with E-state index in [9.17, 15) is 22.8 Å². The molecule has 0 aliphatic carbocycles. The Kier molecular flexibility index (Phi) is 8.52. The number of nitrogen functional groups attached to an aromatic ring is 1. The molecular formula is C34H28F3N3O4. The van der Waals surface area contributed by atoms with Crippen LogP contribution in [0.1, 0.15) is 15.9 Å². The smallest absolute Gasteiger partial charge is 0.406 e. The molecule has 224 valence electrons. The number of halogens is 3. The second-order valence-corrected chi connectivity index (χ2v) is 10.1. The van der Waals surface area contributed by atoms with Crippen LogP contribution in [0.5, 0.6) is 11.5 Å². The summed E-state index contributed by atoms with van der Waals surface area (Å²) < 4.78 is 51.3. The SMILES string of the molecule is COc1ccc(-c2cnc(N)c(-c3ccc(CC(=O)c4cn(CC(F)(F)F)cc(-c5ccccc5)c4=O)cc3)c2)cc1OC. The molecule has 0 unspecified atom stereocenters. The van der Waals surface area contributed by atoms with Crippen molar-refractivity contribution in [2.45, 2.75) is 19.1 Å². The van der Waals surface area contributed by atoms with E-state index < -0.39 is 23.9 Å². The Morgan fingerprint density at radius 3 is 2.14 bits per heavy atom. The van der Waals surface area contributed by atoms with Gasteiger partial charge in [-0.15, -0.1) is 0 Å². The number of nitrogens with zero attached hydrogens (tertiary/aromatic N) is 2. The summed E-state index contributed by atoms with van der Waals surface area (Å²) >= 11 is 0. The molecule has 0 aliphatic heterocycles. The number of benzene rings is 3. The Balaban J connectivity index is 1.42. The number of carbonyl (C=O) groups is 1. The van der Waals surface area contributed by atoms with Crippen molar-refractivity contribution in [2.75, 3.05) is 20.0 Å². The second-order valence-electron chi connectivity index (χ2n) is 10.1. The fraction of sp³-hybridized carbons (Fsp3) is 0.147. The number of aromatic nitrogens is 2. The molecule has 5 rings (SSSR count). The van der Waals surface area contributed by atoms with E-state index in [4.69, 9.17) is 15.2 Å². The third kappa shape index (κ3) is 6.64. The lowest BCUT2D eigenvalue weighted by molar-refractivity contribution is -0.140. The third-order valence-electron chi connectivity index (χ3n) is 7.09. The first kappa shape index (κ1) is 30.1. The van der Waals surface area contributed by atoms with Crippen molar-refractivity contribution in [2.24, 2.45) is 0 Å². The van der Waals surface area contributed by atoms with Crippen molar-refractivity contribution < 1.29 is 27.4 Å². The first-order valence-corrected chi connectivity index (χ1v) is 13.5. The van der Waals surface area contributed by atoms with Gasteiger partial charge in [-0.1, -0.05) is 60.7 Å². The molecular weight excluding hydrogens is 571 g/mol. The molecule has 2 aromatic heterocycles. The minimum atomic E-state index is -4.54. The molecule has 44 heavy (non-hydrogen) atoms. The molecule has 0 fully saturated rings. The summed E-state index contributed by atoms with van der Waals surface area (Å²) in [4.78, 5) is 30.9. The molecule has 0 aliphatic rings. The van der Waals surface area contributed by atoms with E-state index in [-0.39, 0.29) is 17.5 Å². The lowest BCUT2D eigenvalue weighted by Crippen LogP contribution is -2.24. The molecule has 0 saturated heterocycles. The first-order chi connectivity index (χ1) is 21.1. The first-order valence-electron chi connectivity index (χ1n) is 13.5. The summed E-state index contributed by atoms with van der Waals surface area (Å²) in [5.74, 6) is 0.877. The molecule has 0 saturated carbocycles. The van der Waals surface area contributed by atoms with Crippen LogP contribution < -0.4 is 20.6 Å². The highest BCUT2D eigenvalue weighted by Crippen LogP contribution is 2.35. The second kappa shape index (κ2) is 12.5. The van der Waals surface area contributed by atoms with Crippen LogP contribution in [0.2, 0.25) is 0 Å². The molecule has 0 atom stereocenters. The van der Waals surface area contributed by atoms with Gasteiger partial charge in [-0.3, -0.25) is 9.59 Å². The molecule has 2 N–H and O–H groups in total. The van der Waals surface area contributed by atoms with Gasteiger partial charge >= 0.3 is 6.18 Å². The maximum atomic E-state index is 13.3. The normalized spacial score (nSPS) is 11.3. The number of rotatable bonds is 9. The van der Waals surface area contributed by atoms with Crippen LogP contribution in [0.4, 0.5) is 19.0 Å². The van der Waals surface area contributed by atoms with Gasteiger partial charge in [0.1, 0.15) is 12.4 Å². The number of alkyl halides is 3. The maximum absolute atomic E-state index is 13.3. The van der Waals surface area contributed by atoms with Crippen molar-refractivity contribution in [1.29, 1.82) is 0 Å². The summed E-state index contributed by atoms with van der Waals surface area (Å²) in [6.45, 7) is -1.33. The van der Waals surface area contributed by atoms with Crippen molar-refractivity contribution in [3.8, 4) is 44.9 Å². The average molecular weight is 600 g/mol. The monoisotopic (exact) mass is 599 g/mol. The molecule has 10 heteroatoms. The van der Waals surface area contributed by atoms with E-state index in [0.717, 1.165) is 33.7 Å². The molecule has 2 heterocycles. The van der Waals surface area contributed by atoms with Crippen LogP contribution in [0, 0.1) is 0 Å². The Hall–Kier alpha value is -5.38. The van der Waals surface area contributed by atoms with Gasteiger partial charge in [-0.05, 0) is 40.5 Å². The fourth-order valence-electron chi connectivity index (χ4n) is 4.91. The topological polar surface area (TPSA) is 96.4 Å². The molecule has 0 amide bonds. The number of ketones is 1. The number of hydrogen-bond donors (Lipinski definition) is 1. The molecule has 5 aromatic rings. The molecule has 0 radical (unpaired) electrons. The predicted molar refractivity (Wildman–Crippen MR) is 163 cm³/mol. The van der Waals surface area contributed by atoms with Crippen LogP contribution >= 0.6 is 0 Å². The van der Waals surface area contributed by atoms with Crippen molar-refractivity contribution in [3.63, 3.8) is 0 Å². The number of ether oxygens (including phenoxy) is 2. The zero-order chi connectivity index (χ0) is 31.4. The van der Waals surface area contributed by atoms with E-state index in [0.29, 0.717) is 34.0 Å². The van der Waals surface area contributed by atoms with E-state index in [1.807, 2.05) is 18.2 Å². The van der Waals surface area contributed by atoms with Crippen LogP contribution in [0.15, 0.2) is 102 Å². The summed E-state index contributed by atoms with van der Waals surface area (Å²) in [6, 6.07) is 22.7. The summed E-state index contributed by atoms with van der Waals surface area (Å²) in [5.41, 5.74) is 9.34. The van der Waals surface area contributed by atoms with Crippen LogP contribution in [-0.4, -0.2) is 35.7 Å². The molecule has 7 nitrogen and oxygen atoms in total. The van der Waals surface area contributed by atoms with Crippen molar-refractivity contribution in [3.05, 3.63) is 119 Å². The van der Waals surface area contributed by atoms with Crippen LogP contribution in [0.3, 0.4) is 0 Å². The van der Waals surface area contributed by atoms with Gasteiger partial charge in [0.05, 0.1) is 19.8 Å². The van der Waals surface area contributed by atoms with Gasteiger partial charge in [0.15, 0.2) is 22.7 Å². The highest BCUT2D eigenvalue weighted by atomic mass is 19.4. The number of pyridine rings is 2. The number of carbonyl (C=O) groups excluding carboxylic acids is 1.